The molecule has 0 radical (unpaired) electrons. The fourth-order valence-electron chi connectivity index (χ4n) is 2.78. The molecule has 0 saturated carbocycles. The number of fused-ring (bicyclic) bond motifs is 1. The third-order valence-electron chi connectivity index (χ3n) is 4.03. The van der Waals surface area contributed by atoms with Crippen LogP contribution in [0.1, 0.15) is 11.3 Å². The maximum Gasteiger partial charge on any atom is 0.277 e. The van der Waals surface area contributed by atoms with Gasteiger partial charge in [0.15, 0.2) is 6.61 Å². The molecular formula is C21H19N3O2. The molecule has 1 amide bonds. The van der Waals surface area contributed by atoms with E-state index < -0.39 is 0 Å². The summed E-state index contributed by atoms with van der Waals surface area (Å²) in [6.45, 7) is 2.37. The summed E-state index contributed by atoms with van der Waals surface area (Å²) in [7, 11) is 0. The van der Waals surface area contributed by atoms with Crippen LogP contribution < -0.4 is 10.2 Å². The lowest BCUT2D eigenvalue weighted by atomic mass is 10.1. The van der Waals surface area contributed by atoms with Crippen LogP contribution in [0.25, 0.3) is 10.9 Å². The van der Waals surface area contributed by atoms with E-state index in [4.69, 9.17) is 11.2 Å². The second kappa shape index (κ2) is 8.04. The second-order valence-corrected chi connectivity index (χ2v) is 5.70. The van der Waals surface area contributed by atoms with E-state index in [0.29, 0.717) is 12.3 Å². The number of ether oxygens (including phenoxy) is 1. The van der Waals surface area contributed by atoms with E-state index >= 15 is 0 Å². The SMILES string of the molecule is C#CCn1c(C)c(/C=N\NC(=O)COc2ccccc2)c2ccccc21. The van der Waals surface area contributed by atoms with Gasteiger partial charge in [-0.1, -0.05) is 42.3 Å². The number of nitrogens with one attached hydrogen (secondary N) is 1. The van der Waals surface area contributed by atoms with Crippen molar-refractivity contribution in [1.29, 1.82) is 0 Å². The molecule has 0 saturated heterocycles. The number of carbonyl (C=O) groups excluding carboxylic acids is 1. The summed E-state index contributed by atoms with van der Waals surface area (Å²) in [6.07, 6.45) is 7.12. The molecule has 3 rings (SSSR count). The van der Waals surface area contributed by atoms with Crippen LogP contribution in [-0.4, -0.2) is 23.3 Å². The van der Waals surface area contributed by atoms with E-state index in [1.165, 1.54) is 0 Å². The average molecular weight is 345 g/mol. The van der Waals surface area contributed by atoms with Crippen molar-refractivity contribution in [2.45, 2.75) is 13.5 Å². The van der Waals surface area contributed by atoms with E-state index in [9.17, 15) is 4.79 Å². The van der Waals surface area contributed by atoms with E-state index in [0.717, 1.165) is 22.2 Å². The molecule has 0 spiro atoms. The van der Waals surface area contributed by atoms with Gasteiger partial charge in [0.05, 0.1) is 12.8 Å². The highest BCUT2D eigenvalue weighted by Gasteiger charge is 2.11. The predicted molar refractivity (Wildman–Crippen MR) is 103 cm³/mol. The van der Waals surface area contributed by atoms with Crippen molar-refractivity contribution < 1.29 is 9.53 Å². The van der Waals surface area contributed by atoms with Crippen LogP contribution in [0.2, 0.25) is 0 Å². The molecule has 26 heavy (non-hydrogen) atoms. The molecule has 1 N–H and O–H groups in total. The quantitative estimate of drug-likeness (QED) is 0.424. The Morgan fingerprint density at radius 2 is 1.96 bits per heavy atom. The number of hydrogen-bond donors (Lipinski definition) is 1. The third kappa shape index (κ3) is 3.76. The molecule has 0 bridgehead atoms. The number of rotatable bonds is 6. The van der Waals surface area contributed by atoms with Crippen LogP contribution in [-0.2, 0) is 11.3 Å². The molecule has 1 aromatic heterocycles. The van der Waals surface area contributed by atoms with Gasteiger partial charge < -0.3 is 9.30 Å². The summed E-state index contributed by atoms with van der Waals surface area (Å²) >= 11 is 0. The minimum absolute atomic E-state index is 0.0980. The lowest BCUT2D eigenvalue weighted by Gasteiger charge is -2.04. The first kappa shape index (κ1) is 17.3. The Morgan fingerprint density at radius 3 is 2.73 bits per heavy atom. The number of hydrogen-bond acceptors (Lipinski definition) is 3. The summed E-state index contributed by atoms with van der Waals surface area (Å²) in [5.74, 6) is 2.98. The number of carbonyl (C=O) groups is 1. The third-order valence-corrected chi connectivity index (χ3v) is 4.03. The molecule has 5 heteroatoms. The fourth-order valence-corrected chi connectivity index (χ4v) is 2.78. The molecule has 3 aromatic rings. The minimum Gasteiger partial charge on any atom is -0.484 e. The van der Waals surface area contributed by atoms with Crippen LogP contribution in [0.5, 0.6) is 5.75 Å². The molecule has 0 unspecified atom stereocenters. The molecular weight excluding hydrogens is 326 g/mol. The van der Waals surface area contributed by atoms with E-state index in [2.05, 4.69) is 21.0 Å². The normalized spacial score (nSPS) is 10.8. The fraction of sp³-hybridized carbons (Fsp3) is 0.143. The van der Waals surface area contributed by atoms with Gasteiger partial charge in [0, 0.05) is 22.2 Å². The van der Waals surface area contributed by atoms with E-state index in [1.807, 2.05) is 49.4 Å². The van der Waals surface area contributed by atoms with Gasteiger partial charge in [-0.3, -0.25) is 4.79 Å². The van der Waals surface area contributed by atoms with Gasteiger partial charge in [-0.05, 0) is 25.1 Å². The monoisotopic (exact) mass is 345 g/mol. The van der Waals surface area contributed by atoms with E-state index in [1.54, 1.807) is 18.3 Å². The largest absolute Gasteiger partial charge is 0.484 e. The Labute approximate surface area is 152 Å². The van der Waals surface area contributed by atoms with Gasteiger partial charge in [0.2, 0.25) is 0 Å². The maximum atomic E-state index is 11.9. The molecule has 0 aliphatic rings. The molecule has 0 aliphatic heterocycles. The standard InChI is InChI=1S/C21H19N3O2/c1-3-13-24-16(2)19(18-11-7-8-12-20(18)24)14-22-23-21(25)15-26-17-9-5-4-6-10-17/h1,4-12,14H,13,15H2,2H3,(H,23,25)/b22-14-. The number of nitrogens with zero attached hydrogens (tertiary/aromatic N) is 2. The van der Waals surface area contributed by atoms with Gasteiger partial charge >= 0.3 is 0 Å². The van der Waals surface area contributed by atoms with Gasteiger partial charge in [-0.25, -0.2) is 5.43 Å². The van der Waals surface area contributed by atoms with Gasteiger partial charge in [0.25, 0.3) is 5.91 Å². The summed E-state index contributed by atoms with van der Waals surface area (Å²) < 4.78 is 7.44. The van der Waals surface area contributed by atoms with Gasteiger partial charge in [-0.2, -0.15) is 5.10 Å². The molecule has 5 nitrogen and oxygen atoms in total. The number of amides is 1. The lowest BCUT2D eigenvalue weighted by Crippen LogP contribution is -2.24. The number of hydrazone groups is 1. The minimum atomic E-state index is -0.324. The average Bonchev–Trinajstić information content (AvgIpc) is 2.93. The van der Waals surface area contributed by atoms with Crippen molar-refractivity contribution in [2.75, 3.05) is 6.61 Å². The predicted octanol–water partition coefficient (Wildman–Crippen LogP) is 3.11. The van der Waals surface area contributed by atoms with Crippen molar-refractivity contribution in [3.05, 3.63) is 65.9 Å². The molecule has 130 valence electrons. The first-order chi connectivity index (χ1) is 12.7. The number of benzene rings is 2. The van der Waals surface area contributed by atoms with Crippen molar-refractivity contribution >= 4 is 23.0 Å². The summed E-state index contributed by atoms with van der Waals surface area (Å²) in [6, 6.07) is 17.1. The highest BCUT2D eigenvalue weighted by atomic mass is 16.5. The number of para-hydroxylation sites is 2. The van der Waals surface area contributed by atoms with Crippen LogP contribution in [0.4, 0.5) is 0 Å². The summed E-state index contributed by atoms with van der Waals surface area (Å²) in [5.41, 5.74) is 5.47. The first-order valence-corrected chi connectivity index (χ1v) is 8.21. The number of terminal acetylenes is 1. The zero-order chi connectivity index (χ0) is 18.4. The highest BCUT2D eigenvalue weighted by molar-refractivity contribution is 6.01. The van der Waals surface area contributed by atoms with Crippen LogP contribution in [0.15, 0.2) is 59.7 Å². The summed E-state index contributed by atoms with van der Waals surface area (Å²) in [4.78, 5) is 11.9. The molecule has 2 aromatic carbocycles. The van der Waals surface area contributed by atoms with Crippen molar-refractivity contribution in [3.8, 4) is 18.1 Å². The highest BCUT2D eigenvalue weighted by Crippen LogP contribution is 2.24. The van der Waals surface area contributed by atoms with Crippen molar-refractivity contribution in [3.63, 3.8) is 0 Å². The topological polar surface area (TPSA) is 55.6 Å². The van der Waals surface area contributed by atoms with Crippen LogP contribution in [0.3, 0.4) is 0 Å². The zero-order valence-electron chi connectivity index (χ0n) is 14.5. The maximum absolute atomic E-state index is 11.9. The Kier molecular flexibility index (Phi) is 5.35. The Hall–Kier alpha value is -3.52. The lowest BCUT2D eigenvalue weighted by molar-refractivity contribution is -0.123. The van der Waals surface area contributed by atoms with Crippen molar-refractivity contribution in [1.82, 2.24) is 9.99 Å². The Balaban J connectivity index is 1.70. The molecule has 0 fully saturated rings. The van der Waals surface area contributed by atoms with Crippen LogP contribution in [0, 0.1) is 19.3 Å². The zero-order valence-corrected chi connectivity index (χ0v) is 14.5. The molecule has 1 heterocycles. The molecule has 0 atom stereocenters. The summed E-state index contributed by atoms with van der Waals surface area (Å²) in [5, 5.41) is 5.11. The Bertz CT molecular complexity index is 982. The van der Waals surface area contributed by atoms with Gasteiger partial charge in [-0.15, -0.1) is 6.42 Å². The van der Waals surface area contributed by atoms with E-state index in [-0.39, 0.29) is 12.5 Å². The Morgan fingerprint density at radius 1 is 1.23 bits per heavy atom. The van der Waals surface area contributed by atoms with Crippen molar-refractivity contribution in [2.24, 2.45) is 5.10 Å². The number of aromatic nitrogens is 1. The molecule has 0 aliphatic carbocycles. The van der Waals surface area contributed by atoms with Gasteiger partial charge in [0.1, 0.15) is 5.75 Å². The second-order valence-electron chi connectivity index (χ2n) is 5.70. The van der Waals surface area contributed by atoms with Crippen LogP contribution >= 0.6 is 0 Å². The first-order valence-electron chi connectivity index (χ1n) is 8.21. The smallest absolute Gasteiger partial charge is 0.277 e.